The molecular formula is C15H20ClIN2O. The van der Waals surface area contributed by atoms with E-state index in [-0.39, 0.29) is 5.91 Å². The summed E-state index contributed by atoms with van der Waals surface area (Å²) in [5.41, 5.74) is 0.638. The maximum absolute atomic E-state index is 12.0. The third-order valence-corrected chi connectivity index (χ3v) is 5.43. The van der Waals surface area contributed by atoms with Gasteiger partial charge in [0.05, 0.1) is 5.02 Å². The first-order valence-electron chi connectivity index (χ1n) is 6.98. The van der Waals surface area contributed by atoms with Gasteiger partial charge in [0.1, 0.15) is 0 Å². The molecule has 20 heavy (non-hydrogen) atoms. The van der Waals surface area contributed by atoms with E-state index in [4.69, 9.17) is 11.6 Å². The molecule has 110 valence electrons. The number of benzene rings is 1. The third kappa shape index (κ3) is 4.60. The highest BCUT2D eigenvalue weighted by molar-refractivity contribution is 14.1. The molecule has 1 fully saturated rings. The zero-order chi connectivity index (χ0) is 14.5. The molecule has 5 heteroatoms. The number of halogens is 2. The Labute approximate surface area is 139 Å². The van der Waals surface area contributed by atoms with Crippen LogP contribution in [0.3, 0.4) is 0 Å². The molecule has 0 bridgehead atoms. The van der Waals surface area contributed by atoms with E-state index in [2.05, 4.69) is 39.9 Å². The summed E-state index contributed by atoms with van der Waals surface area (Å²) in [7, 11) is 2.17. The van der Waals surface area contributed by atoms with E-state index < -0.39 is 0 Å². The summed E-state index contributed by atoms with van der Waals surface area (Å²) in [4.78, 5) is 14.4. The molecule has 1 heterocycles. The molecule has 0 aromatic heterocycles. The van der Waals surface area contributed by atoms with Gasteiger partial charge in [-0.2, -0.15) is 0 Å². The molecule has 0 atom stereocenters. The van der Waals surface area contributed by atoms with E-state index in [0.717, 1.165) is 22.5 Å². The van der Waals surface area contributed by atoms with Crippen LogP contribution >= 0.6 is 34.2 Å². The van der Waals surface area contributed by atoms with Crippen molar-refractivity contribution >= 4 is 40.1 Å². The molecule has 2 rings (SSSR count). The van der Waals surface area contributed by atoms with Crippen LogP contribution in [0, 0.1) is 9.49 Å². The molecular weight excluding hydrogens is 387 g/mol. The largest absolute Gasteiger partial charge is 0.352 e. The summed E-state index contributed by atoms with van der Waals surface area (Å²) in [6.07, 6.45) is 3.54. The lowest BCUT2D eigenvalue weighted by Gasteiger charge is -2.28. The van der Waals surface area contributed by atoms with Crippen LogP contribution in [0.2, 0.25) is 5.02 Å². The van der Waals surface area contributed by atoms with E-state index in [1.807, 2.05) is 12.1 Å². The molecule has 3 nitrogen and oxygen atoms in total. The van der Waals surface area contributed by atoms with Gasteiger partial charge in [-0.1, -0.05) is 11.6 Å². The molecule has 0 spiro atoms. The maximum Gasteiger partial charge on any atom is 0.251 e. The summed E-state index contributed by atoms with van der Waals surface area (Å²) in [5, 5.41) is 3.62. The minimum Gasteiger partial charge on any atom is -0.352 e. The van der Waals surface area contributed by atoms with Gasteiger partial charge in [-0.25, -0.2) is 0 Å². The second kappa shape index (κ2) is 7.61. The van der Waals surface area contributed by atoms with E-state index in [1.165, 1.54) is 25.9 Å². The fourth-order valence-corrected chi connectivity index (χ4v) is 3.00. The lowest BCUT2D eigenvalue weighted by Crippen LogP contribution is -2.32. The zero-order valence-electron chi connectivity index (χ0n) is 11.7. The van der Waals surface area contributed by atoms with Crippen molar-refractivity contribution in [3.8, 4) is 0 Å². The van der Waals surface area contributed by atoms with Crippen LogP contribution in [-0.2, 0) is 0 Å². The summed E-state index contributed by atoms with van der Waals surface area (Å²) in [5.74, 6) is 0.711. The summed E-state index contributed by atoms with van der Waals surface area (Å²) < 4.78 is 0.965. The zero-order valence-corrected chi connectivity index (χ0v) is 14.6. The minimum absolute atomic E-state index is 0.0313. The monoisotopic (exact) mass is 406 g/mol. The minimum atomic E-state index is -0.0313. The van der Waals surface area contributed by atoms with Gasteiger partial charge >= 0.3 is 0 Å². The van der Waals surface area contributed by atoms with Gasteiger partial charge in [-0.05, 0) is 86.1 Å². The van der Waals surface area contributed by atoms with Crippen LogP contribution in [0.5, 0.6) is 0 Å². The van der Waals surface area contributed by atoms with Crippen LogP contribution in [-0.4, -0.2) is 37.5 Å². The number of rotatable bonds is 4. The average Bonchev–Trinajstić information content (AvgIpc) is 2.44. The molecule has 0 saturated carbocycles. The number of carbonyl (C=O) groups is 1. The normalized spacial score (nSPS) is 17.1. The van der Waals surface area contributed by atoms with Crippen LogP contribution in [0.1, 0.15) is 29.6 Å². The highest BCUT2D eigenvalue weighted by Gasteiger charge is 2.16. The van der Waals surface area contributed by atoms with Gasteiger partial charge in [-0.15, -0.1) is 0 Å². The number of hydrogen-bond donors (Lipinski definition) is 1. The average molecular weight is 407 g/mol. The molecule has 0 radical (unpaired) electrons. The molecule has 1 aromatic rings. The second-order valence-corrected chi connectivity index (χ2v) is 6.99. The molecule has 0 unspecified atom stereocenters. The molecule has 1 aliphatic rings. The lowest BCUT2D eigenvalue weighted by atomic mass is 9.94. The number of piperidine rings is 1. The highest BCUT2D eigenvalue weighted by Crippen LogP contribution is 2.20. The molecule has 1 N–H and O–H groups in total. The van der Waals surface area contributed by atoms with E-state index in [1.54, 1.807) is 6.07 Å². The Balaban J connectivity index is 1.76. The Morgan fingerprint density at radius 2 is 2.15 bits per heavy atom. The van der Waals surface area contributed by atoms with Crippen LogP contribution in [0.4, 0.5) is 0 Å². The fraction of sp³-hybridized carbons (Fsp3) is 0.533. The number of amides is 1. The predicted octanol–water partition coefficient (Wildman–Crippen LogP) is 3.41. The van der Waals surface area contributed by atoms with E-state index in [9.17, 15) is 4.79 Å². The Morgan fingerprint density at radius 3 is 2.80 bits per heavy atom. The van der Waals surface area contributed by atoms with Crippen LogP contribution < -0.4 is 5.32 Å². The quantitative estimate of drug-likeness (QED) is 0.777. The van der Waals surface area contributed by atoms with Crippen molar-refractivity contribution in [3.05, 3.63) is 32.4 Å². The highest BCUT2D eigenvalue weighted by atomic mass is 127. The van der Waals surface area contributed by atoms with E-state index in [0.29, 0.717) is 10.6 Å². The van der Waals surface area contributed by atoms with Crippen molar-refractivity contribution in [2.75, 3.05) is 26.7 Å². The van der Waals surface area contributed by atoms with Crippen LogP contribution in [0.15, 0.2) is 18.2 Å². The van der Waals surface area contributed by atoms with Gasteiger partial charge in [0, 0.05) is 15.7 Å². The molecule has 0 aliphatic carbocycles. The van der Waals surface area contributed by atoms with Gasteiger partial charge in [0.25, 0.3) is 5.91 Å². The summed E-state index contributed by atoms with van der Waals surface area (Å²) >= 11 is 8.19. The lowest BCUT2D eigenvalue weighted by molar-refractivity contribution is 0.0949. The smallest absolute Gasteiger partial charge is 0.251 e. The van der Waals surface area contributed by atoms with Gasteiger partial charge < -0.3 is 10.2 Å². The Kier molecular flexibility index (Phi) is 6.11. The van der Waals surface area contributed by atoms with Crippen molar-refractivity contribution < 1.29 is 4.79 Å². The number of hydrogen-bond acceptors (Lipinski definition) is 2. The predicted molar refractivity (Wildman–Crippen MR) is 91.3 cm³/mol. The van der Waals surface area contributed by atoms with Crippen LogP contribution in [0.25, 0.3) is 0 Å². The number of nitrogens with one attached hydrogen (secondary N) is 1. The number of likely N-dealkylation sites (tertiary alicyclic amines) is 1. The van der Waals surface area contributed by atoms with Crippen molar-refractivity contribution in [3.63, 3.8) is 0 Å². The fourth-order valence-electron chi connectivity index (χ4n) is 2.48. The summed E-state index contributed by atoms with van der Waals surface area (Å²) in [6.45, 7) is 3.09. The van der Waals surface area contributed by atoms with Gasteiger partial charge in [-0.3, -0.25) is 4.79 Å². The molecule has 1 amide bonds. The van der Waals surface area contributed by atoms with Crippen molar-refractivity contribution in [2.45, 2.75) is 19.3 Å². The Hall–Kier alpha value is -0.330. The maximum atomic E-state index is 12.0. The second-order valence-electron chi connectivity index (χ2n) is 5.42. The first kappa shape index (κ1) is 16.0. The Morgan fingerprint density at radius 1 is 1.45 bits per heavy atom. The standard InChI is InChI=1S/C15H20ClIN2O/c1-19-8-5-11(6-9-19)4-7-18-15(20)12-2-3-14(17)13(16)10-12/h2-3,10-11H,4-9H2,1H3,(H,18,20). The molecule has 1 aliphatic heterocycles. The number of carbonyl (C=O) groups excluding carboxylic acids is 1. The topological polar surface area (TPSA) is 32.3 Å². The van der Waals surface area contributed by atoms with Crippen molar-refractivity contribution in [1.29, 1.82) is 0 Å². The number of nitrogens with zero attached hydrogens (tertiary/aromatic N) is 1. The van der Waals surface area contributed by atoms with Crippen molar-refractivity contribution in [2.24, 2.45) is 5.92 Å². The first-order chi connectivity index (χ1) is 9.56. The third-order valence-electron chi connectivity index (χ3n) is 3.86. The van der Waals surface area contributed by atoms with E-state index >= 15 is 0 Å². The molecule has 1 aromatic carbocycles. The molecule has 1 saturated heterocycles. The van der Waals surface area contributed by atoms with Gasteiger partial charge in [0.15, 0.2) is 0 Å². The SMILES string of the molecule is CN1CCC(CCNC(=O)c2ccc(I)c(Cl)c2)CC1. The first-order valence-corrected chi connectivity index (χ1v) is 8.43. The summed E-state index contributed by atoms with van der Waals surface area (Å²) in [6, 6.07) is 5.42. The van der Waals surface area contributed by atoms with Gasteiger partial charge in [0.2, 0.25) is 0 Å². The Bertz CT molecular complexity index is 473. The van der Waals surface area contributed by atoms with Crippen molar-refractivity contribution in [1.82, 2.24) is 10.2 Å².